The molecular weight excluding hydrogens is 464 g/mol. The second kappa shape index (κ2) is 9.30. The number of anilines is 2. The lowest BCUT2D eigenvalue weighted by molar-refractivity contribution is -0.181. The fraction of sp³-hybridized carbons (Fsp3) is 0.407. The number of halogens is 1. The van der Waals surface area contributed by atoms with Crippen molar-refractivity contribution < 1.29 is 14.3 Å². The fourth-order valence-corrected chi connectivity index (χ4v) is 5.51. The van der Waals surface area contributed by atoms with Crippen molar-refractivity contribution >= 4 is 39.8 Å². The molecule has 6 rings (SSSR count). The highest BCUT2D eigenvalue weighted by molar-refractivity contribution is 6.30. The fourth-order valence-electron chi connectivity index (χ4n) is 5.39. The first kappa shape index (κ1) is 22.6. The van der Waals surface area contributed by atoms with Crippen LogP contribution in [-0.2, 0) is 9.47 Å². The molecule has 3 aliphatic rings. The summed E-state index contributed by atoms with van der Waals surface area (Å²) in [7, 11) is 0. The number of pyridine rings is 1. The van der Waals surface area contributed by atoms with Crippen molar-refractivity contribution in [3.05, 3.63) is 65.3 Å². The Hall–Kier alpha value is -2.87. The van der Waals surface area contributed by atoms with Gasteiger partial charge in [-0.15, -0.1) is 0 Å². The first-order chi connectivity index (χ1) is 17.1. The molecule has 1 spiro atoms. The third-order valence-electron chi connectivity index (χ3n) is 7.39. The van der Waals surface area contributed by atoms with Crippen molar-refractivity contribution in [1.82, 2.24) is 9.88 Å². The highest BCUT2D eigenvalue weighted by Gasteiger charge is 2.40. The van der Waals surface area contributed by atoms with Crippen LogP contribution in [0, 0.1) is 0 Å². The van der Waals surface area contributed by atoms with Gasteiger partial charge in [0.05, 0.1) is 13.2 Å². The van der Waals surface area contributed by atoms with Gasteiger partial charge in [-0.3, -0.25) is 4.79 Å². The zero-order valence-corrected chi connectivity index (χ0v) is 20.4. The number of rotatable bonds is 3. The van der Waals surface area contributed by atoms with Gasteiger partial charge in [-0.05, 0) is 47.9 Å². The maximum Gasteiger partial charge on any atom is 0.253 e. The number of piperazine rings is 1. The molecule has 0 unspecified atom stereocenters. The van der Waals surface area contributed by atoms with E-state index in [0.717, 1.165) is 60.6 Å². The smallest absolute Gasteiger partial charge is 0.253 e. The van der Waals surface area contributed by atoms with Crippen molar-refractivity contribution in [1.29, 1.82) is 0 Å². The number of ether oxygens (including phenoxy) is 2. The molecule has 35 heavy (non-hydrogen) atoms. The Morgan fingerprint density at radius 3 is 2.26 bits per heavy atom. The molecule has 7 nitrogen and oxygen atoms in total. The summed E-state index contributed by atoms with van der Waals surface area (Å²) in [5.74, 6) is 0.520. The summed E-state index contributed by atoms with van der Waals surface area (Å²) in [6, 6.07) is 16.0. The molecule has 1 amide bonds. The molecule has 3 aliphatic heterocycles. The van der Waals surface area contributed by atoms with Crippen molar-refractivity contribution in [2.45, 2.75) is 18.6 Å². The van der Waals surface area contributed by atoms with E-state index in [1.165, 1.54) is 5.69 Å². The Morgan fingerprint density at radius 1 is 0.857 bits per heavy atom. The number of likely N-dealkylation sites (tertiary alicyclic amines) is 1. The third-order valence-corrected chi connectivity index (χ3v) is 7.64. The number of hydrogen-bond donors (Lipinski definition) is 0. The molecular formula is C27H29ClN4O3. The summed E-state index contributed by atoms with van der Waals surface area (Å²) in [6.07, 6.45) is 3.30. The van der Waals surface area contributed by atoms with Gasteiger partial charge in [0.15, 0.2) is 5.79 Å². The van der Waals surface area contributed by atoms with Crippen LogP contribution in [0.15, 0.2) is 54.7 Å². The number of hydrogen-bond acceptors (Lipinski definition) is 6. The first-order valence-corrected chi connectivity index (χ1v) is 12.7. The SMILES string of the molecule is O=C(c1ccc2ccnc(N3CCN(c4ccc(Cl)cc4)CC3)c2c1)N1CCC2(CC1)OCCO2. The molecule has 1 aromatic heterocycles. The van der Waals surface area contributed by atoms with E-state index in [4.69, 9.17) is 26.1 Å². The largest absolute Gasteiger partial charge is 0.368 e. The topological polar surface area (TPSA) is 58.1 Å². The predicted molar refractivity (Wildman–Crippen MR) is 137 cm³/mol. The Bertz CT molecular complexity index is 1210. The van der Waals surface area contributed by atoms with Crippen LogP contribution in [0.3, 0.4) is 0 Å². The van der Waals surface area contributed by atoms with Crippen molar-refractivity contribution in [2.24, 2.45) is 0 Å². The minimum absolute atomic E-state index is 0.0575. The van der Waals surface area contributed by atoms with Crippen molar-refractivity contribution in [2.75, 3.05) is 62.3 Å². The van der Waals surface area contributed by atoms with Gasteiger partial charge in [-0.1, -0.05) is 17.7 Å². The molecule has 0 saturated carbocycles. The number of benzene rings is 2. The van der Waals surface area contributed by atoms with Crippen LogP contribution < -0.4 is 9.80 Å². The highest BCUT2D eigenvalue weighted by atomic mass is 35.5. The van der Waals surface area contributed by atoms with Crippen LogP contribution in [0.2, 0.25) is 5.02 Å². The van der Waals surface area contributed by atoms with E-state index >= 15 is 0 Å². The monoisotopic (exact) mass is 492 g/mol. The zero-order valence-electron chi connectivity index (χ0n) is 19.7. The van der Waals surface area contributed by atoms with Gasteiger partial charge in [-0.2, -0.15) is 0 Å². The third kappa shape index (κ3) is 4.44. The number of fused-ring (bicyclic) bond motifs is 1. The second-order valence-corrected chi connectivity index (χ2v) is 9.86. The highest BCUT2D eigenvalue weighted by Crippen LogP contribution is 2.33. The predicted octanol–water partition coefficient (Wildman–Crippen LogP) is 4.19. The number of carbonyl (C=O) groups is 1. The molecule has 2 aromatic carbocycles. The molecule has 0 N–H and O–H groups in total. The minimum Gasteiger partial charge on any atom is -0.368 e. The second-order valence-electron chi connectivity index (χ2n) is 9.42. The van der Waals surface area contributed by atoms with Crippen LogP contribution in [0.5, 0.6) is 0 Å². The van der Waals surface area contributed by atoms with E-state index in [-0.39, 0.29) is 5.91 Å². The summed E-state index contributed by atoms with van der Waals surface area (Å²) in [5.41, 5.74) is 1.89. The van der Waals surface area contributed by atoms with Gasteiger partial charge in [0.2, 0.25) is 0 Å². The molecule has 0 bridgehead atoms. The quantitative estimate of drug-likeness (QED) is 0.546. The molecule has 0 radical (unpaired) electrons. The van der Waals surface area contributed by atoms with E-state index in [0.29, 0.717) is 31.9 Å². The lowest BCUT2D eigenvalue weighted by atomic mass is 10.0. The first-order valence-electron chi connectivity index (χ1n) is 12.3. The molecule has 8 heteroatoms. The van der Waals surface area contributed by atoms with Crippen molar-refractivity contribution in [3.8, 4) is 0 Å². The average Bonchev–Trinajstić information content (AvgIpc) is 3.36. The lowest BCUT2D eigenvalue weighted by Crippen LogP contribution is -2.47. The molecule has 0 atom stereocenters. The van der Waals surface area contributed by atoms with E-state index in [1.807, 2.05) is 47.5 Å². The molecule has 4 heterocycles. The average molecular weight is 493 g/mol. The number of amides is 1. The van der Waals surface area contributed by atoms with Crippen LogP contribution in [0.4, 0.5) is 11.5 Å². The Labute approximate surface area is 210 Å². The Morgan fingerprint density at radius 2 is 1.54 bits per heavy atom. The summed E-state index contributed by atoms with van der Waals surface area (Å²) in [6.45, 7) is 6.09. The van der Waals surface area contributed by atoms with Crippen molar-refractivity contribution in [3.63, 3.8) is 0 Å². The van der Waals surface area contributed by atoms with Crippen LogP contribution in [0.25, 0.3) is 10.8 Å². The number of carbonyl (C=O) groups excluding carboxylic acids is 1. The van der Waals surface area contributed by atoms with Gasteiger partial charge < -0.3 is 24.2 Å². The number of aromatic nitrogens is 1. The maximum absolute atomic E-state index is 13.4. The van der Waals surface area contributed by atoms with Gasteiger partial charge >= 0.3 is 0 Å². The summed E-state index contributed by atoms with van der Waals surface area (Å²) >= 11 is 6.05. The van der Waals surface area contributed by atoms with E-state index in [2.05, 4.69) is 21.9 Å². The number of nitrogens with zero attached hydrogens (tertiary/aromatic N) is 4. The summed E-state index contributed by atoms with van der Waals surface area (Å²) < 4.78 is 11.6. The van der Waals surface area contributed by atoms with Crippen LogP contribution in [-0.4, -0.2) is 74.1 Å². The zero-order chi connectivity index (χ0) is 23.8. The molecule has 3 aromatic rings. The van der Waals surface area contributed by atoms with Gasteiger partial charge in [0.1, 0.15) is 5.82 Å². The summed E-state index contributed by atoms with van der Waals surface area (Å²) in [5, 5.41) is 2.87. The van der Waals surface area contributed by atoms with E-state index < -0.39 is 5.79 Å². The standard InChI is InChI=1S/C27H29ClN4O3/c28-22-3-5-23(6-4-22)30-13-15-31(16-14-30)25-24-19-21(2-1-20(24)7-10-29-25)26(33)32-11-8-27(9-12-32)34-17-18-35-27/h1-7,10,19H,8-9,11-18H2. The molecule has 0 aliphatic carbocycles. The van der Waals surface area contributed by atoms with Gasteiger partial charge in [0, 0.05) is 80.0 Å². The van der Waals surface area contributed by atoms with Gasteiger partial charge in [-0.25, -0.2) is 4.98 Å². The maximum atomic E-state index is 13.4. The van der Waals surface area contributed by atoms with Crippen LogP contribution in [0.1, 0.15) is 23.2 Å². The molecule has 182 valence electrons. The van der Waals surface area contributed by atoms with E-state index in [1.54, 1.807) is 0 Å². The molecule has 3 saturated heterocycles. The minimum atomic E-state index is -0.481. The normalized spacial score (nSPS) is 20.1. The lowest BCUT2D eigenvalue weighted by Gasteiger charge is -2.38. The van der Waals surface area contributed by atoms with E-state index in [9.17, 15) is 4.79 Å². The van der Waals surface area contributed by atoms with Crippen LogP contribution >= 0.6 is 11.6 Å². The Balaban J connectivity index is 1.18. The van der Waals surface area contributed by atoms with Gasteiger partial charge in [0.25, 0.3) is 5.91 Å². The summed E-state index contributed by atoms with van der Waals surface area (Å²) in [4.78, 5) is 24.7. The Kier molecular flexibility index (Phi) is 6.00. The molecule has 3 fully saturated rings. The number of piperidine rings is 1.